The molecule has 0 aliphatic heterocycles. The van der Waals surface area contributed by atoms with Crippen molar-refractivity contribution in [2.75, 3.05) is 0 Å². The molecule has 3 rings (SSSR count). The first-order valence-corrected chi connectivity index (χ1v) is 8.48. The van der Waals surface area contributed by atoms with E-state index in [9.17, 15) is 4.79 Å². The lowest BCUT2D eigenvalue weighted by molar-refractivity contribution is 0.0892. The lowest BCUT2D eigenvalue weighted by atomic mass is 9.86. The summed E-state index contributed by atoms with van der Waals surface area (Å²) in [5.41, 5.74) is 1.57. The minimum Gasteiger partial charge on any atom is -0.347 e. The van der Waals surface area contributed by atoms with Crippen molar-refractivity contribution in [1.82, 2.24) is 35.1 Å². The summed E-state index contributed by atoms with van der Waals surface area (Å²) in [6, 6.07) is 7.46. The van der Waals surface area contributed by atoms with Crippen LogP contribution in [-0.2, 0) is 13.1 Å². The summed E-state index contributed by atoms with van der Waals surface area (Å²) in [7, 11) is 0. The Hall–Kier alpha value is -3.03. The van der Waals surface area contributed by atoms with Gasteiger partial charge < -0.3 is 9.88 Å². The molecule has 0 radical (unpaired) electrons. The van der Waals surface area contributed by atoms with Crippen LogP contribution < -0.4 is 5.32 Å². The van der Waals surface area contributed by atoms with Gasteiger partial charge in [0.15, 0.2) is 0 Å². The Kier molecular flexibility index (Phi) is 5.11. The van der Waals surface area contributed by atoms with Gasteiger partial charge in [0, 0.05) is 24.5 Å². The number of imidazole rings is 1. The van der Waals surface area contributed by atoms with E-state index in [1.807, 2.05) is 35.0 Å². The second kappa shape index (κ2) is 7.47. The van der Waals surface area contributed by atoms with Crippen molar-refractivity contribution in [3.63, 3.8) is 0 Å². The van der Waals surface area contributed by atoms with Crippen LogP contribution in [0.15, 0.2) is 49.3 Å². The van der Waals surface area contributed by atoms with E-state index in [-0.39, 0.29) is 17.4 Å². The zero-order valence-corrected chi connectivity index (χ0v) is 15.2. The van der Waals surface area contributed by atoms with Gasteiger partial charge >= 0.3 is 0 Å². The number of rotatable bonds is 6. The van der Waals surface area contributed by atoms with Gasteiger partial charge in [-0.3, -0.25) is 4.79 Å². The van der Waals surface area contributed by atoms with Gasteiger partial charge in [0.25, 0.3) is 5.91 Å². The summed E-state index contributed by atoms with van der Waals surface area (Å²) in [4.78, 5) is 16.8. The summed E-state index contributed by atoms with van der Waals surface area (Å²) in [5, 5.41) is 14.2. The van der Waals surface area contributed by atoms with Gasteiger partial charge in [-0.25, -0.2) is 9.67 Å². The van der Waals surface area contributed by atoms with Crippen LogP contribution in [0.1, 0.15) is 36.7 Å². The third kappa shape index (κ3) is 4.53. The van der Waals surface area contributed by atoms with Crippen molar-refractivity contribution < 1.29 is 4.79 Å². The lowest BCUT2D eigenvalue weighted by Crippen LogP contribution is -2.46. The smallest absolute Gasteiger partial charge is 0.251 e. The summed E-state index contributed by atoms with van der Waals surface area (Å²) in [6.07, 6.45) is 6.97. The minimum atomic E-state index is -0.0842. The monoisotopic (exact) mass is 353 g/mol. The van der Waals surface area contributed by atoms with Crippen molar-refractivity contribution in [3.05, 3.63) is 60.4 Å². The van der Waals surface area contributed by atoms with Crippen LogP contribution >= 0.6 is 0 Å². The van der Waals surface area contributed by atoms with Crippen molar-refractivity contribution in [2.24, 2.45) is 5.41 Å². The average Bonchev–Trinajstić information content (AvgIpc) is 3.28. The molecule has 2 aromatic heterocycles. The Morgan fingerprint density at radius 1 is 1.19 bits per heavy atom. The second-order valence-corrected chi connectivity index (χ2v) is 7.36. The molecule has 0 saturated carbocycles. The maximum Gasteiger partial charge on any atom is 0.251 e. The van der Waals surface area contributed by atoms with Gasteiger partial charge in [0.05, 0.1) is 18.9 Å². The molecule has 0 aliphatic rings. The van der Waals surface area contributed by atoms with Crippen molar-refractivity contribution in [2.45, 2.75) is 39.9 Å². The number of aromatic nitrogens is 6. The number of benzene rings is 1. The molecular formula is C18H23N7O. The number of hydrogen-bond donors (Lipinski definition) is 1. The highest BCUT2D eigenvalue weighted by Gasteiger charge is 2.27. The highest BCUT2D eigenvalue weighted by Crippen LogP contribution is 2.21. The Labute approximate surface area is 152 Å². The van der Waals surface area contributed by atoms with Crippen LogP contribution in [0.3, 0.4) is 0 Å². The molecule has 1 amide bonds. The molecule has 0 saturated heterocycles. The van der Waals surface area contributed by atoms with E-state index in [4.69, 9.17) is 0 Å². The van der Waals surface area contributed by atoms with Crippen molar-refractivity contribution in [1.29, 1.82) is 0 Å². The van der Waals surface area contributed by atoms with E-state index in [0.29, 0.717) is 18.7 Å². The van der Waals surface area contributed by atoms with Crippen LogP contribution in [0.4, 0.5) is 0 Å². The summed E-state index contributed by atoms with van der Waals surface area (Å²) in [5.74, 6) is -0.0842. The van der Waals surface area contributed by atoms with Crippen LogP contribution in [-0.4, -0.2) is 41.7 Å². The van der Waals surface area contributed by atoms with Gasteiger partial charge in [-0.15, -0.1) is 5.10 Å². The number of carbonyl (C=O) groups excluding carboxylic acids is 1. The predicted octanol–water partition coefficient (Wildman–Crippen LogP) is 1.76. The molecule has 26 heavy (non-hydrogen) atoms. The first kappa shape index (κ1) is 17.8. The molecule has 0 spiro atoms. The zero-order chi connectivity index (χ0) is 18.6. The van der Waals surface area contributed by atoms with Crippen LogP contribution in [0.2, 0.25) is 0 Å². The number of amides is 1. The Balaban J connectivity index is 1.67. The van der Waals surface area contributed by atoms with Crippen molar-refractivity contribution >= 4 is 5.91 Å². The number of nitrogens with zero attached hydrogens (tertiary/aromatic N) is 6. The largest absolute Gasteiger partial charge is 0.347 e. The van der Waals surface area contributed by atoms with E-state index in [1.165, 1.54) is 0 Å². The molecule has 1 unspecified atom stereocenters. The fourth-order valence-corrected chi connectivity index (χ4v) is 2.58. The second-order valence-electron chi connectivity index (χ2n) is 7.36. The molecule has 0 bridgehead atoms. The molecule has 1 aromatic carbocycles. The molecule has 8 nitrogen and oxygen atoms in total. The average molecular weight is 353 g/mol. The Morgan fingerprint density at radius 2 is 1.96 bits per heavy atom. The van der Waals surface area contributed by atoms with Crippen LogP contribution in [0, 0.1) is 5.41 Å². The van der Waals surface area contributed by atoms with E-state index in [1.54, 1.807) is 23.5 Å². The molecule has 0 fully saturated rings. The Morgan fingerprint density at radius 3 is 2.54 bits per heavy atom. The maximum atomic E-state index is 12.7. The van der Waals surface area contributed by atoms with Gasteiger partial charge in [0.1, 0.15) is 6.33 Å². The number of hydrogen-bond acceptors (Lipinski definition) is 5. The first-order valence-electron chi connectivity index (χ1n) is 8.48. The highest BCUT2D eigenvalue weighted by atomic mass is 16.1. The lowest BCUT2D eigenvalue weighted by Gasteiger charge is -2.31. The van der Waals surface area contributed by atoms with Crippen LogP contribution in [0.25, 0.3) is 0 Å². The Bertz CT molecular complexity index is 818. The molecule has 1 N–H and O–H groups in total. The summed E-state index contributed by atoms with van der Waals surface area (Å²) >= 11 is 0. The summed E-state index contributed by atoms with van der Waals surface area (Å²) in [6.45, 7) is 7.59. The fraction of sp³-hybridized carbons (Fsp3) is 0.389. The molecule has 2 heterocycles. The standard InChI is InChI=1S/C18H23N7O/c1-18(2,3)16(11-24-9-8-19-12-24)21-17(26)15-6-4-14(5-7-15)10-25-13-20-22-23-25/h4-9,12-13,16H,10-11H2,1-3H3,(H,21,26). The number of tetrazole rings is 1. The topological polar surface area (TPSA) is 90.5 Å². The van der Waals surface area contributed by atoms with E-state index in [0.717, 1.165) is 5.56 Å². The zero-order valence-electron chi connectivity index (χ0n) is 15.2. The molecule has 136 valence electrons. The molecule has 3 aromatic rings. The van der Waals surface area contributed by atoms with Crippen LogP contribution in [0.5, 0.6) is 0 Å². The molecule has 8 heteroatoms. The number of nitrogens with one attached hydrogen (secondary N) is 1. The van der Waals surface area contributed by atoms with Gasteiger partial charge in [-0.05, 0) is 33.5 Å². The van der Waals surface area contributed by atoms with Gasteiger partial charge in [-0.1, -0.05) is 32.9 Å². The van der Waals surface area contributed by atoms with Gasteiger partial charge in [-0.2, -0.15) is 0 Å². The quantitative estimate of drug-likeness (QED) is 0.729. The minimum absolute atomic E-state index is 0.0231. The third-order valence-electron chi connectivity index (χ3n) is 4.26. The highest BCUT2D eigenvalue weighted by molar-refractivity contribution is 5.94. The number of carbonyl (C=O) groups is 1. The van der Waals surface area contributed by atoms with Crippen molar-refractivity contribution in [3.8, 4) is 0 Å². The van der Waals surface area contributed by atoms with E-state index >= 15 is 0 Å². The normalized spacial score (nSPS) is 12.7. The summed E-state index contributed by atoms with van der Waals surface area (Å²) < 4.78 is 3.61. The maximum absolute atomic E-state index is 12.7. The first-order chi connectivity index (χ1) is 12.4. The predicted molar refractivity (Wildman–Crippen MR) is 96.3 cm³/mol. The third-order valence-corrected chi connectivity index (χ3v) is 4.26. The van der Waals surface area contributed by atoms with E-state index < -0.39 is 0 Å². The van der Waals surface area contributed by atoms with E-state index in [2.05, 4.69) is 46.6 Å². The SMILES string of the molecule is CC(C)(C)C(Cn1ccnc1)NC(=O)c1ccc(Cn2cnnn2)cc1. The molecule has 1 atom stereocenters. The molecule has 0 aliphatic carbocycles. The van der Waals surface area contributed by atoms with Gasteiger partial charge in [0.2, 0.25) is 0 Å². The molecular weight excluding hydrogens is 330 g/mol. The fourth-order valence-electron chi connectivity index (χ4n) is 2.58.